The molecule has 1 heterocycles. The van der Waals surface area contributed by atoms with Crippen LogP contribution in [-0.4, -0.2) is 29.0 Å². The molecular formula is C17H29N3. The summed E-state index contributed by atoms with van der Waals surface area (Å²) in [5.41, 5.74) is 8.06. The van der Waals surface area contributed by atoms with E-state index >= 15 is 0 Å². The Kier molecular flexibility index (Phi) is 4.82. The summed E-state index contributed by atoms with van der Waals surface area (Å²) in [6.07, 6.45) is 8.90. The second-order valence-corrected chi connectivity index (χ2v) is 7.15. The fraction of sp³-hybridized carbons (Fsp3) is 0.706. The third kappa shape index (κ3) is 3.58. The van der Waals surface area contributed by atoms with Gasteiger partial charge in [0.25, 0.3) is 0 Å². The number of nitrogens with two attached hydrogens (primary N) is 1. The van der Waals surface area contributed by atoms with E-state index in [4.69, 9.17) is 5.73 Å². The molecule has 1 aromatic rings. The number of nitrogens with zero attached hydrogens (tertiary/aromatic N) is 2. The molecule has 1 aromatic heterocycles. The van der Waals surface area contributed by atoms with Gasteiger partial charge in [0.15, 0.2) is 0 Å². The van der Waals surface area contributed by atoms with Crippen LogP contribution in [0.2, 0.25) is 0 Å². The molecule has 0 saturated heterocycles. The molecule has 0 amide bonds. The first-order chi connectivity index (χ1) is 9.41. The third-order valence-corrected chi connectivity index (χ3v) is 4.87. The van der Waals surface area contributed by atoms with Crippen LogP contribution in [0.3, 0.4) is 0 Å². The van der Waals surface area contributed by atoms with E-state index in [0.29, 0.717) is 11.5 Å². The van der Waals surface area contributed by atoms with Crippen molar-refractivity contribution >= 4 is 0 Å². The van der Waals surface area contributed by atoms with Gasteiger partial charge < -0.3 is 5.73 Å². The Morgan fingerprint density at radius 2 is 1.80 bits per heavy atom. The van der Waals surface area contributed by atoms with Crippen molar-refractivity contribution in [1.29, 1.82) is 0 Å². The number of rotatable bonds is 4. The van der Waals surface area contributed by atoms with E-state index in [9.17, 15) is 0 Å². The molecule has 1 aliphatic rings. The van der Waals surface area contributed by atoms with Gasteiger partial charge in [-0.2, -0.15) is 0 Å². The summed E-state index contributed by atoms with van der Waals surface area (Å²) < 4.78 is 0. The van der Waals surface area contributed by atoms with Crippen LogP contribution in [0.25, 0.3) is 0 Å². The lowest BCUT2D eigenvalue weighted by Gasteiger charge is -2.43. The second kappa shape index (κ2) is 6.23. The van der Waals surface area contributed by atoms with Crippen LogP contribution in [0, 0.1) is 5.41 Å². The average molecular weight is 275 g/mol. The van der Waals surface area contributed by atoms with Crippen molar-refractivity contribution in [2.75, 3.05) is 7.05 Å². The summed E-state index contributed by atoms with van der Waals surface area (Å²) >= 11 is 0. The zero-order valence-corrected chi connectivity index (χ0v) is 13.3. The highest BCUT2D eigenvalue weighted by atomic mass is 15.2. The van der Waals surface area contributed by atoms with Gasteiger partial charge in [0.05, 0.1) is 0 Å². The Hall–Kier alpha value is -0.930. The van der Waals surface area contributed by atoms with E-state index in [1.165, 1.54) is 31.2 Å². The SMILES string of the molecule is CC(N)C(c1ccncc1)N(C)C1CCC(C)(C)CC1. The molecule has 0 spiro atoms. The van der Waals surface area contributed by atoms with Crippen LogP contribution in [-0.2, 0) is 0 Å². The van der Waals surface area contributed by atoms with Crippen molar-refractivity contribution < 1.29 is 0 Å². The van der Waals surface area contributed by atoms with Gasteiger partial charge in [-0.15, -0.1) is 0 Å². The predicted molar refractivity (Wildman–Crippen MR) is 84.4 cm³/mol. The fourth-order valence-electron chi connectivity index (χ4n) is 3.49. The van der Waals surface area contributed by atoms with Crippen LogP contribution < -0.4 is 5.73 Å². The summed E-state index contributed by atoms with van der Waals surface area (Å²) in [4.78, 5) is 6.61. The molecule has 3 nitrogen and oxygen atoms in total. The minimum absolute atomic E-state index is 0.123. The average Bonchev–Trinajstić information content (AvgIpc) is 2.39. The number of hydrogen-bond donors (Lipinski definition) is 1. The van der Waals surface area contributed by atoms with E-state index in [2.05, 4.69) is 49.8 Å². The van der Waals surface area contributed by atoms with Crippen LogP contribution in [0.1, 0.15) is 58.1 Å². The zero-order valence-electron chi connectivity index (χ0n) is 13.3. The Labute approximate surface area is 123 Å². The minimum atomic E-state index is 0.123. The van der Waals surface area contributed by atoms with Gasteiger partial charge >= 0.3 is 0 Å². The van der Waals surface area contributed by atoms with E-state index < -0.39 is 0 Å². The molecule has 1 saturated carbocycles. The van der Waals surface area contributed by atoms with Crippen molar-refractivity contribution in [2.24, 2.45) is 11.1 Å². The van der Waals surface area contributed by atoms with E-state index in [1.807, 2.05) is 12.4 Å². The van der Waals surface area contributed by atoms with Gasteiger partial charge in [0.1, 0.15) is 0 Å². The molecule has 2 unspecified atom stereocenters. The monoisotopic (exact) mass is 275 g/mol. The Morgan fingerprint density at radius 1 is 1.25 bits per heavy atom. The molecule has 0 aliphatic heterocycles. The minimum Gasteiger partial charge on any atom is -0.326 e. The van der Waals surface area contributed by atoms with Crippen LogP contribution >= 0.6 is 0 Å². The van der Waals surface area contributed by atoms with E-state index in [1.54, 1.807) is 0 Å². The normalized spacial score (nSPS) is 22.7. The van der Waals surface area contributed by atoms with Crippen LogP contribution in [0.5, 0.6) is 0 Å². The molecule has 0 radical (unpaired) electrons. The summed E-state index contributed by atoms with van der Waals surface area (Å²) in [6, 6.07) is 5.24. The summed E-state index contributed by atoms with van der Waals surface area (Å²) in [5, 5.41) is 0. The second-order valence-electron chi connectivity index (χ2n) is 7.15. The lowest BCUT2D eigenvalue weighted by molar-refractivity contribution is 0.0856. The largest absolute Gasteiger partial charge is 0.326 e. The number of hydrogen-bond acceptors (Lipinski definition) is 3. The summed E-state index contributed by atoms with van der Waals surface area (Å²) in [5.74, 6) is 0. The van der Waals surface area contributed by atoms with Gasteiger partial charge in [0.2, 0.25) is 0 Å². The number of likely N-dealkylation sites (N-methyl/N-ethyl adjacent to an activating group) is 1. The molecule has 0 aromatic carbocycles. The van der Waals surface area contributed by atoms with Crippen molar-refractivity contribution in [1.82, 2.24) is 9.88 Å². The summed E-state index contributed by atoms with van der Waals surface area (Å²) in [6.45, 7) is 6.87. The smallest absolute Gasteiger partial charge is 0.0497 e. The van der Waals surface area contributed by atoms with Gasteiger partial charge in [-0.05, 0) is 62.8 Å². The maximum absolute atomic E-state index is 6.27. The lowest BCUT2D eigenvalue weighted by Crippen LogP contribution is -2.45. The van der Waals surface area contributed by atoms with Crippen molar-refractivity contribution in [2.45, 2.75) is 64.6 Å². The molecular weight excluding hydrogens is 246 g/mol. The Balaban J connectivity index is 2.11. The Morgan fingerprint density at radius 3 is 2.30 bits per heavy atom. The first-order valence-electron chi connectivity index (χ1n) is 7.78. The predicted octanol–water partition coefficient (Wildman–Crippen LogP) is 3.37. The molecule has 1 fully saturated rings. The topological polar surface area (TPSA) is 42.1 Å². The maximum atomic E-state index is 6.27. The zero-order chi connectivity index (χ0) is 14.8. The van der Waals surface area contributed by atoms with Gasteiger partial charge in [-0.1, -0.05) is 13.8 Å². The molecule has 20 heavy (non-hydrogen) atoms. The molecule has 2 N–H and O–H groups in total. The van der Waals surface area contributed by atoms with Gasteiger partial charge in [0, 0.05) is 30.5 Å². The highest BCUT2D eigenvalue weighted by Crippen LogP contribution is 2.38. The summed E-state index contributed by atoms with van der Waals surface area (Å²) in [7, 11) is 2.23. The van der Waals surface area contributed by atoms with Gasteiger partial charge in [-0.3, -0.25) is 9.88 Å². The molecule has 2 rings (SSSR count). The standard InChI is InChI=1S/C17H29N3/c1-13(18)16(14-7-11-19-12-8-14)20(4)15-5-9-17(2,3)10-6-15/h7-8,11-13,15-16H,5-6,9-10,18H2,1-4H3. The highest BCUT2D eigenvalue weighted by Gasteiger charge is 2.32. The molecule has 3 heteroatoms. The first kappa shape index (κ1) is 15.5. The maximum Gasteiger partial charge on any atom is 0.0497 e. The molecule has 2 atom stereocenters. The van der Waals surface area contributed by atoms with Crippen molar-refractivity contribution in [3.8, 4) is 0 Å². The number of aromatic nitrogens is 1. The van der Waals surface area contributed by atoms with Gasteiger partial charge in [-0.25, -0.2) is 0 Å². The van der Waals surface area contributed by atoms with Crippen molar-refractivity contribution in [3.05, 3.63) is 30.1 Å². The first-order valence-corrected chi connectivity index (χ1v) is 7.78. The quantitative estimate of drug-likeness (QED) is 0.916. The number of pyridine rings is 1. The van der Waals surface area contributed by atoms with E-state index in [-0.39, 0.29) is 12.1 Å². The molecule has 1 aliphatic carbocycles. The lowest BCUT2D eigenvalue weighted by atomic mass is 9.75. The van der Waals surface area contributed by atoms with Crippen molar-refractivity contribution in [3.63, 3.8) is 0 Å². The fourth-order valence-corrected chi connectivity index (χ4v) is 3.49. The van der Waals surface area contributed by atoms with Crippen LogP contribution in [0.15, 0.2) is 24.5 Å². The molecule has 0 bridgehead atoms. The molecule has 112 valence electrons. The Bertz CT molecular complexity index is 404. The van der Waals surface area contributed by atoms with Crippen LogP contribution in [0.4, 0.5) is 0 Å². The third-order valence-electron chi connectivity index (χ3n) is 4.87. The highest BCUT2D eigenvalue weighted by molar-refractivity contribution is 5.17. The van der Waals surface area contributed by atoms with E-state index in [0.717, 1.165) is 0 Å².